The van der Waals surface area contributed by atoms with Crippen LogP contribution in [0.2, 0.25) is 0 Å². The van der Waals surface area contributed by atoms with Crippen LogP contribution in [0.25, 0.3) is 0 Å². The number of benzene rings is 2. The zero-order chi connectivity index (χ0) is 14.5. The highest BCUT2D eigenvalue weighted by molar-refractivity contribution is 9.10. The van der Waals surface area contributed by atoms with Crippen molar-refractivity contribution in [3.63, 3.8) is 0 Å². The van der Waals surface area contributed by atoms with E-state index in [4.69, 9.17) is 9.47 Å². The average Bonchev–Trinajstić information content (AvgIpc) is 2.46. The van der Waals surface area contributed by atoms with Crippen molar-refractivity contribution in [3.8, 4) is 11.5 Å². The Balaban J connectivity index is 2.15. The van der Waals surface area contributed by atoms with Crippen molar-refractivity contribution in [1.29, 1.82) is 0 Å². The summed E-state index contributed by atoms with van der Waals surface area (Å²) >= 11 is 3.37. The Kier molecular flexibility index (Phi) is 4.57. The smallest absolute Gasteiger partial charge is 0.276 e. The van der Waals surface area contributed by atoms with Crippen LogP contribution in [0.3, 0.4) is 0 Å². The van der Waals surface area contributed by atoms with Crippen LogP contribution in [0.4, 0.5) is 5.69 Å². The normalized spacial score (nSPS) is 10.1. The number of rotatable bonds is 5. The van der Waals surface area contributed by atoms with E-state index in [1.807, 2.05) is 0 Å². The van der Waals surface area contributed by atoms with Crippen molar-refractivity contribution in [1.82, 2.24) is 0 Å². The Morgan fingerprint density at radius 1 is 1.25 bits per heavy atom. The van der Waals surface area contributed by atoms with E-state index in [9.17, 15) is 10.1 Å². The van der Waals surface area contributed by atoms with Crippen LogP contribution in [0.15, 0.2) is 46.9 Å². The largest absolute Gasteiger partial charge is 0.497 e. The van der Waals surface area contributed by atoms with Gasteiger partial charge in [0.25, 0.3) is 5.69 Å². The highest BCUT2D eigenvalue weighted by Crippen LogP contribution is 2.30. The molecule has 20 heavy (non-hydrogen) atoms. The fourth-order valence-corrected chi connectivity index (χ4v) is 2.16. The Morgan fingerprint density at radius 3 is 2.65 bits per heavy atom. The molecule has 2 aromatic rings. The lowest BCUT2D eigenvalue weighted by molar-refractivity contribution is -0.385. The lowest BCUT2D eigenvalue weighted by Gasteiger charge is -2.09. The first kappa shape index (κ1) is 14.3. The van der Waals surface area contributed by atoms with E-state index in [0.717, 1.165) is 4.47 Å². The number of hydrogen-bond donors (Lipinski definition) is 0. The summed E-state index contributed by atoms with van der Waals surface area (Å²) in [4.78, 5) is 10.5. The lowest BCUT2D eigenvalue weighted by atomic mass is 10.2. The van der Waals surface area contributed by atoms with Gasteiger partial charge in [0, 0.05) is 6.07 Å². The summed E-state index contributed by atoms with van der Waals surface area (Å²) in [5.41, 5.74) is 0.581. The number of ether oxygens (including phenoxy) is 2. The molecule has 2 aromatic carbocycles. The summed E-state index contributed by atoms with van der Waals surface area (Å²) < 4.78 is 11.4. The first-order valence-corrected chi connectivity index (χ1v) is 6.59. The molecule has 2 rings (SSSR count). The van der Waals surface area contributed by atoms with Crippen molar-refractivity contribution in [3.05, 3.63) is 62.6 Å². The van der Waals surface area contributed by atoms with Gasteiger partial charge >= 0.3 is 0 Å². The topological polar surface area (TPSA) is 61.6 Å². The molecule has 0 saturated carbocycles. The van der Waals surface area contributed by atoms with Gasteiger partial charge in [-0.25, -0.2) is 0 Å². The van der Waals surface area contributed by atoms with Gasteiger partial charge in [-0.3, -0.25) is 10.1 Å². The van der Waals surface area contributed by atoms with Crippen molar-refractivity contribution in [2.24, 2.45) is 0 Å². The maximum atomic E-state index is 10.9. The second-order valence-electron chi connectivity index (χ2n) is 3.97. The van der Waals surface area contributed by atoms with Gasteiger partial charge in [-0.2, -0.15) is 0 Å². The molecule has 0 aliphatic heterocycles. The van der Waals surface area contributed by atoms with Crippen LogP contribution >= 0.6 is 15.9 Å². The fraction of sp³-hybridized carbons (Fsp3) is 0.143. The van der Waals surface area contributed by atoms with Gasteiger partial charge in [-0.1, -0.05) is 12.1 Å². The zero-order valence-corrected chi connectivity index (χ0v) is 12.3. The minimum absolute atomic E-state index is 0.0529. The van der Waals surface area contributed by atoms with E-state index in [-0.39, 0.29) is 12.3 Å². The molecule has 0 atom stereocenters. The van der Waals surface area contributed by atoms with Gasteiger partial charge in [0.1, 0.15) is 18.1 Å². The van der Waals surface area contributed by atoms with E-state index < -0.39 is 4.92 Å². The van der Waals surface area contributed by atoms with Gasteiger partial charge in [-0.05, 0) is 40.2 Å². The highest BCUT2D eigenvalue weighted by atomic mass is 79.9. The molecule has 0 aliphatic rings. The lowest BCUT2D eigenvalue weighted by Crippen LogP contribution is -2.00. The standard InChI is InChI=1S/C14H12BrNO4/c1-19-11-6-7-14(12(15)8-11)20-9-10-4-2-3-5-13(10)16(17)18/h2-8H,9H2,1H3. The first-order chi connectivity index (χ1) is 9.61. The van der Waals surface area contributed by atoms with Crippen LogP contribution in [0, 0.1) is 10.1 Å². The number of nitro groups is 1. The molecule has 0 N–H and O–H groups in total. The Labute approximate surface area is 124 Å². The molecule has 0 heterocycles. The minimum atomic E-state index is -0.415. The molecule has 0 radical (unpaired) electrons. The highest BCUT2D eigenvalue weighted by Gasteiger charge is 2.13. The summed E-state index contributed by atoms with van der Waals surface area (Å²) in [5.74, 6) is 1.30. The van der Waals surface area contributed by atoms with Gasteiger partial charge in [0.15, 0.2) is 0 Å². The van der Waals surface area contributed by atoms with Crippen LogP contribution in [-0.2, 0) is 6.61 Å². The second-order valence-corrected chi connectivity index (χ2v) is 4.83. The predicted octanol–water partition coefficient (Wildman–Crippen LogP) is 3.94. The molecule has 0 spiro atoms. The van der Waals surface area contributed by atoms with Gasteiger partial charge in [0.05, 0.1) is 22.1 Å². The fourth-order valence-electron chi connectivity index (χ4n) is 1.69. The number of methoxy groups -OCH3 is 1. The number of nitrogens with zero attached hydrogens (tertiary/aromatic N) is 1. The van der Waals surface area contributed by atoms with E-state index in [2.05, 4.69) is 15.9 Å². The molecule has 5 nitrogen and oxygen atoms in total. The minimum Gasteiger partial charge on any atom is -0.497 e. The number of hydrogen-bond acceptors (Lipinski definition) is 4. The van der Waals surface area contributed by atoms with Crippen LogP contribution < -0.4 is 9.47 Å². The third kappa shape index (κ3) is 3.27. The monoisotopic (exact) mass is 337 g/mol. The Bertz CT molecular complexity index is 630. The molecule has 0 fully saturated rings. The van der Waals surface area contributed by atoms with Crippen molar-refractivity contribution in [2.45, 2.75) is 6.61 Å². The summed E-state index contributed by atoms with van der Waals surface area (Å²) in [7, 11) is 1.58. The van der Waals surface area contributed by atoms with E-state index in [0.29, 0.717) is 17.1 Å². The number of para-hydroxylation sites is 1. The maximum Gasteiger partial charge on any atom is 0.276 e. The average molecular weight is 338 g/mol. The Hall–Kier alpha value is -2.08. The molecular formula is C14H12BrNO4. The molecule has 104 valence electrons. The Morgan fingerprint density at radius 2 is 2.00 bits per heavy atom. The summed E-state index contributed by atoms with van der Waals surface area (Å²) in [6.45, 7) is 0.127. The van der Waals surface area contributed by atoms with E-state index in [1.54, 1.807) is 43.5 Å². The maximum absolute atomic E-state index is 10.9. The van der Waals surface area contributed by atoms with E-state index in [1.165, 1.54) is 6.07 Å². The predicted molar refractivity (Wildman–Crippen MR) is 78.1 cm³/mol. The molecule has 0 saturated heterocycles. The van der Waals surface area contributed by atoms with Gasteiger partial charge in [0.2, 0.25) is 0 Å². The van der Waals surface area contributed by atoms with Gasteiger partial charge < -0.3 is 9.47 Å². The first-order valence-electron chi connectivity index (χ1n) is 5.80. The van der Waals surface area contributed by atoms with Crippen molar-refractivity contribution >= 4 is 21.6 Å². The quantitative estimate of drug-likeness (QED) is 0.612. The third-order valence-electron chi connectivity index (χ3n) is 2.71. The van der Waals surface area contributed by atoms with Crippen LogP contribution in [0.1, 0.15) is 5.56 Å². The summed E-state index contributed by atoms with van der Waals surface area (Å²) in [5, 5.41) is 10.9. The molecule has 0 unspecified atom stereocenters. The molecule has 0 bridgehead atoms. The van der Waals surface area contributed by atoms with Crippen molar-refractivity contribution < 1.29 is 14.4 Å². The number of nitro benzene ring substituents is 1. The molecule has 0 aromatic heterocycles. The van der Waals surface area contributed by atoms with Crippen LogP contribution in [-0.4, -0.2) is 12.0 Å². The van der Waals surface area contributed by atoms with Crippen LogP contribution in [0.5, 0.6) is 11.5 Å². The number of halogens is 1. The SMILES string of the molecule is COc1ccc(OCc2ccccc2[N+](=O)[O-])c(Br)c1. The molecule has 6 heteroatoms. The van der Waals surface area contributed by atoms with E-state index >= 15 is 0 Å². The zero-order valence-electron chi connectivity index (χ0n) is 10.7. The molecule has 0 aliphatic carbocycles. The van der Waals surface area contributed by atoms with Crippen molar-refractivity contribution in [2.75, 3.05) is 7.11 Å². The van der Waals surface area contributed by atoms with Gasteiger partial charge in [-0.15, -0.1) is 0 Å². The second kappa shape index (κ2) is 6.38. The summed E-state index contributed by atoms with van der Waals surface area (Å²) in [6.07, 6.45) is 0. The molecular weight excluding hydrogens is 326 g/mol. The third-order valence-corrected chi connectivity index (χ3v) is 3.33. The summed E-state index contributed by atoms with van der Waals surface area (Å²) in [6, 6.07) is 11.8. The molecule has 0 amide bonds.